The van der Waals surface area contributed by atoms with E-state index in [1.165, 1.54) is 0 Å². The van der Waals surface area contributed by atoms with Crippen LogP contribution in [0.2, 0.25) is 0 Å². The van der Waals surface area contributed by atoms with E-state index in [1.54, 1.807) is 6.08 Å². The van der Waals surface area contributed by atoms with Crippen LogP contribution in [-0.4, -0.2) is 33.1 Å². The van der Waals surface area contributed by atoms with Crippen molar-refractivity contribution in [2.24, 2.45) is 4.99 Å². The van der Waals surface area contributed by atoms with Gasteiger partial charge in [-0.05, 0) is 13.1 Å². The zero-order chi connectivity index (χ0) is 10.6. The summed E-state index contributed by atoms with van der Waals surface area (Å²) in [5, 5.41) is 0. The average molecular weight is 215 g/mol. The summed E-state index contributed by atoms with van der Waals surface area (Å²) in [4.78, 5) is 3.69. The molecule has 0 aliphatic carbocycles. The summed E-state index contributed by atoms with van der Waals surface area (Å²) in [6.45, 7) is 10.8. The highest BCUT2D eigenvalue weighted by atomic mass is 31.2. The molecule has 1 unspecified atom stereocenters. The molecule has 3 nitrogen and oxygen atoms in total. The maximum Gasteiger partial charge on any atom is 0.167 e. The second-order valence-corrected chi connectivity index (χ2v) is 3.90. The lowest BCUT2D eigenvalue weighted by Gasteiger charge is -2.11. The van der Waals surface area contributed by atoms with E-state index in [-0.39, 0.29) is 0 Å². The first kappa shape index (κ1) is 13.5. The first-order valence-corrected chi connectivity index (χ1v) is 6.13. The molecule has 0 aromatic rings. The predicted molar refractivity (Wildman–Crippen MR) is 63.1 cm³/mol. The molecule has 0 saturated heterocycles. The Morgan fingerprint density at radius 1 is 1.36 bits per heavy atom. The van der Waals surface area contributed by atoms with E-state index in [4.69, 9.17) is 9.05 Å². The summed E-state index contributed by atoms with van der Waals surface area (Å²) < 4.78 is 10.8. The summed E-state index contributed by atoms with van der Waals surface area (Å²) in [6, 6.07) is 0. The van der Waals surface area contributed by atoms with Crippen LogP contribution < -0.4 is 0 Å². The Labute approximate surface area is 87.4 Å². The third-order valence-electron chi connectivity index (χ3n) is 1.35. The number of hydrogen-bond donors (Lipinski definition) is 0. The Morgan fingerprint density at radius 3 is 2.71 bits per heavy atom. The van der Waals surface area contributed by atoms with Crippen LogP contribution in [0.3, 0.4) is 0 Å². The third-order valence-corrected chi connectivity index (χ3v) is 2.44. The van der Waals surface area contributed by atoms with Gasteiger partial charge in [0.25, 0.3) is 0 Å². The Bertz CT molecular complexity index is 183. The van der Waals surface area contributed by atoms with Crippen LogP contribution in [0.1, 0.15) is 6.42 Å². The van der Waals surface area contributed by atoms with Crippen molar-refractivity contribution in [1.29, 1.82) is 0 Å². The van der Waals surface area contributed by atoms with Gasteiger partial charge in [0.2, 0.25) is 0 Å². The molecule has 0 fully saturated rings. The first-order valence-electron chi connectivity index (χ1n) is 4.51. The van der Waals surface area contributed by atoms with E-state index in [0.717, 1.165) is 6.42 Å². The van der Waals surface area contributed by atoms with Crippen molar-refractivity contribution < 1.29 is 9.05 Å². The van der Waals surface area contributed by atoms with Gasteiger partial charge in [0.1, 0.15) is 0 Å². The fraction of sp³-hybridized carbons (Fsp3) is 0.500. The van der Waals surface area contributed by atoms with Gasteiger partial charge in [-0.2, -0.15) is 0 Å². The fourth-order valence-corrected chi connectivity index (χ4v) is 1.49. The molecule has 0 amide bonds. The molecule has 1 atom stereocenters. The van der Waals surface area contributed by atoms with Crippen molar-refractivity contribution in [3.8, 4) is 0 Å². The van der Waals surface area contributed by atoms with Gasteiger partial charge in [0.15, 0.2) is 8.38 Å². The molecule has 0 bridgehead atoms. The van der Waals surface area contributed by atoms with Crippen LogP contribution in [0.25, 0.3) is 0 Å². The summed E-state index contributed by atoms with van der Waals surface area (Å²) >= 11 is 0. The van der Waals surface area contributed by atoms with Crippen LogP contribution in [0.4, 0.5) is 0 Å². The Balaban J connectivity index is 3.25. The van der Waals surface area contributed by atoms with Crippen molar-refractivity contribution in [3.63, 3.8) is 0 Å². The molecular formula is C10H18NO2P. The molecule has 0 aromatic heterocycles. The average Bonchev–Trinajstić information content (AvgIpc) is 2.18. The molecular weight excluding hydrogens is 197 g/mol. The standard InChI is InChI=1S/C10H18NO2P/c1-4-5-6-7-9-12-14(3)13-10-8-11-2/h4-6H,1-2,7-10H2,3H3/b6-5+. The Morgan fingerprint density at radius 2 is 2.07 bits per heavy atom. The lowest BCUT2D eigenvalue weighted by Crippen LogP contribution is -1.96. The Kier molecular flexibility index (Phi) is 10.2. The number of aliphatic imine (C=N–C) groups is 1. The highest BCUT2D eigenvalue weighted by Crippen LogP contribution is 2.32. The van der Waals surface area contributed by atoms with E-state index in [9.17, 15) is 0 Å². The van der Waals surface area contributed by atoms with Gasteiger partial charge in [-0.25, -0.2) is 0 Å². The summed E-state index contributed by atoms with van der Waals surface area (Å²) in [5.74, 6) is 0. The molecule has 0 radical (unpaired) electrons. The monoisotopic (exact) mass is 215 g/mol. The molecule has 0 aromatic carbocycles. The number of rotatable bonds is 9. The topological polar surface area (TPSA) is 30.8 Å². The molecule has 0 aliphatic heterocycles. The molecule has 0 saturated carbocycles. The molecule has 80 valence electrons. The van der Waals surface area contributed by atoms with E-state index >= 15 is 0 Å². The van der Waals surface area contributed by atoms with Crippen molar-refractivity contribution in [3.05, 3.63) is 24.8 Å². The van der Waals surface area contributed by atoms with Crippen LogP contribution in [0.15, 0.2) is 29.8 Å². The maximum atomic E-state index is 5.43. The number of allylic oxidation sites excluding steroid dienone is 2. The minimum absolute atomic E-state index is 0.591. The molecule has 0 heterocycles. The molecule has 0 spiro atoms. The van der Waals surface area contributed by atoms with Crippen LogP contribution >= 0.6 is 8.38 Å². The zero-order valence-corrected chi connectivity index (χ0v) is 9.58. The van der Waals surface area contributed by atoms with Gasteiger partial charge in [-0.15, -0.1) is 0 Å². The van der Waals surface area contributed by atoms with Crippen molar-refractivity contribution >= 4 is 15.1 Å². The second kappa shape index (κ2) is 10.6. The maximum absolute atomic E-state index is 5.43. The van der Waals surface area contributed by atoms with E-state index in [2.05, 4.69) is 18.3 Å². The Hall–Kier alpha value is -0.500. The quantitative estimate of drug-likeness (QED) is 0.256. The highest BCUT2D eigenvalue weighted by molar-refractivity contribution is 7.46. The first-order chi connectivity index (χ1) is 6.81. The molecule has 14 heavy (non-hydrogen) atoms. The van der Waals surface area contributed by atoms with Crippen LogP contribution in [0.5, 0.6) is 0 Å². The number of nitrogens with zero attached hydrogens (tertiary/aromatic N) is 1. The largest absolute Gasteiger partial charge is 0.334 e. The second-order valence-electron chi connectivity index (χ2n) is 2.51. The molecule has 0 N–H and O–H groups in total. The van der Waals surface area contributed by atoms with Crippen molar-refractivity contribution in [2.45, 2.75) is 6.42 Å². The predicted octanol–water partition coefficient (Wildman–Crippen LogP) is 2.79. The van der Waals surface area contributed by atoms with Crippen molar-refractivity contribution in [1.82, 2.24) is 0 Å². The van der Waals surface area contributed by atoms with E-state index < -0.39 is 8.38 Å². The van der Waals surface area contributed by atoms with E-state index in [1.807, 2.05) is 18.8 Å². The summed E-state index contributed by atoms with van der Waals surface area (Å²) in [6.07, 6.45) is 6.56. The van der Waals surface area contributed by atoms with Gasteiger partial charge >= 0.3 is 0 Å². The normalized spacial score (nSPS) is 12.9. The highest BCUT2D eigenvalue weighted by Gasteiger charge is 2.00. The van der Waals surface area contributed by atoms with Crippen LogP contribution in [0, 0.1) is 0 Å². The molecule has 0 aliphatic rings. The van der Waals surface area contributed by atoms with Gasteiger partial charge < -0.3 is 9.05 Å². The van der Waals surface area contributed by atoms with Gasteiger partial charge in [-0.1, -0.05) is 24.8 Å². The number of hydrogen-bond acceptors (Lipinski definition) is 3. The fourth-order valence-electron chi connectivity index (χ4n) is 0.713. The van der Waals surface area contributed by atoms with Crippen molar-refractivity contribution in [2.75, 3.05) is 26.4 Å². The molecule has 4 heteroatoms. The summed E-state index contributed by atoms with van der Waals surface area (Å²) in [7, 11) is -0.761. The minimum atomic E-state index is -0.761. The van der Waals surface area contributed by atoms with Crippen LogP contribution in [-0.2, 0) is 9.05 Å². The minimum Gasteiger partial charge on any atom is -0.334 e. The SMILES string of the molecule is C=C/C=C/CCOP(C)OCCN=C. The third kappa shape index (κ3) is 9.59. The van der Waals surface area contributed by atoms with Gasteiger partial charge in [0, 0.05) is 6.66 Å². The molecule has 0 rings (SSSR count). The van der Waals surface area contributed by atoms with Gasteiger partial charge in [0.05, 0.1) is 19.8 Å². The lowest BCUT2D eigenvalue weighted by molar-refractivity contribution is 0.262. The zero-order valence-electron chi connectivity index (χ0n) is 8.69. The lowest BCUT2D eigenvalue weighted by atomic mass is 10.4. The van der Waals surface area contributed by atoms with Gasteiger partial charge in [-0.3, -0.25) is 4.99 Å². The summed E-state index contributed by atoms with van der Waals surface area (Å²) in [5.41, 5.74) is 0. The smallest absolute Gasteiger partial charge is 0.167 e. The van der Waals surface area contributed by atoms with E-state index in [0.29, 0.717) is 19.8 Å².